The maximum Gasteiger partial charge on any atom is 0.279 e. The van der Waals surface area contributed by atoms with Crippen molar-refractivity contribution in [2.75, 3.05) is 26.0 Å². The molecule has 0 aliphatic rings. The largest absolute Gasteiger partial charge is 0.497 e. The summed E-state index contributed by atoms with van der Waals surface area (Å²) in [4.78, 5) is 13.2. The lowest BCUT2D eigenvalue weighted by molar-refractivity contribution is -0.885. The van der Waals surface area contributed by atoms with E-state index in [0.717, 1.165) is 16.2 Å². The molecule has 122 valence electrons. The molecule has 0 heterocycles. The minimum atomic E-state index is -0.116. The van der Waals surface area contributed by atoms with Crippen LogP contribution in [0.4, 0.5) is 5.69 Å². The molecule has 0 fully saturated rings. The first kappa shape index (κ1) is 17.6. The van der Waals surface area contributed by atoms with Crippen molar-refractivity contribution >= 4 is 34.8 Å². The fourth-order valence-corrected chi connectivity index (χ4v) is 2.61. The van der Waals surface area contributed by atoms with Gasteiger partial charge in [-0.15, -0.1) is 0 Å². The zero-order valence-electron chi connectivity index (χ0n) is 13.0. The van der Waals surface area contributed by atoms with Crippen LogP contribution in [0.2, 0.25) is 10.0 Å². The number of carbonyl (C=O) groups is 1. The van der Waals surface area contributed by atoms with Gasteiger partial charge in [-0.3, -0.25) is 4.79 Å². The lowest BCUT2D eigenvalue weighted by atomic mass is 10.2. The van der Waals surface area contributed by atoms with Gasteiger partial charge in [-0.2, -0.15) is 0 Å². The van der Waals surface area contributed by atoms with Gasteiger partial charge < -0.3 is 15.0 Å². The van der Waals surface area contributed by atoms with Crippen LogP contribution < -0.4 is 15.0 Å². The molecule has 0 spiro atoms. The molecule has 1 unspecified atom stereocenters. The number of rotatable bonds is 6. The van der Waals surface area contributed by atoms with Gasteiger partial charge in [-0.05, 0) is 24.3 Å². The number of quaternary nitrogens is 1. The Bertz CT molecular complexity index is 692. The van der Waals surface area contributed by atoms with E-state index >= 15 is 0 Å². The van der Waals surface area contributed by atoms with Crippen molar-refractivity contribution in [3.63, 3.8) is 0 Å². The summed E-state index contributed by atoms with van der Waals surface area (Å²) < 4.78 is 5.21. The number of nitrogens with one attached hydrogen (secondary N) is 2. The fraction of sp³-hybridized carbons (Fsp3) is 0.235. The van der Waals surface area contributed by atoms with Crippen LogP contribution in [0.25, 0.3) is 0 Å². The van der Waals surface area contributed by atoms with E-state index in [2.05, 4.69) is 5.32 Å². The predicted octanol–water partition coefficient (Wildman–Crippen LogP) is 2.66. The molecule has 2 aromatic carbocycles. The van der Waals surface area contributed by atoms with Crippen molar-refractivity contribution < 1.29 is 14.4 Å². The highest BCUT2D eigenvalue weighted by atomic mass is 35.5. The average Bonchev–Trinajstić information content (AvgIpc) is 2.51. The standard InChI is InChI=1S/C17H18Cl2N2O2/c1-21(10-12-5-3-6-13(9-12)23-2)11-16(22)20-15-8-4-7-14(18)17(15)19/h3-9H,10-11H2,1-2H3,(H,20,22)/p+1. The number of hydrogen-bond donors (Lipinski definition) is 2. The number of hydrogen-bond acceptors (Lipinski definition) is 2. The molecule has 23 heavy (non-hydrogen) atoms. The number of anilines is 1. The molecule has 1 amide bonds. The summed E-state index contributed by atoms with van der Waals surface area (Å²) in [5.41, 5.74) is 1.63. The number of ether oxygens (including phenoxy) is 1. The maximum absolute atomic E-state index is 12.1. The second-order valence-corrected chi connectivity index (χ2v) is 6.10. The molecule has 1 atom stereocenters. The minimum absolute atomic E-state index is 0.116. The number of halogens is 2. The van der Waals surface area contributed by atoms with Gasteiger partial charge in [0.05, 0.1) is 29.9 Å². The maximum atomic E-state index is 12.1. The van der Waals surface area contributed by atoms with E-state index in [1.165, 1.54) is 0 Å². The van der Waals surface area contributed by atoms with Gasteiger partial charge in [-0.25, -0.2) is 0 Å². The highest BCUT2D eigenvalue weighted by Gasteiger charge is 2.13. The Morgan fingerprint density at radius 2 is 1.96 bits per heavy atom. The van der Waals surface area contributed by atoms with Crippen molar-refractivity contribution in [1.82, 2.24) is 0 Å². The van der Waals surface area contributed by atoms with Crippen LogP contribution in [-0.2, 0) is 11.3 Å². The first-order valence-corrected chi connectivity index (χ1v) is 7.93. The summed E-state index contributed by atoms with van der Waals surface area (Å²) in [5.74, 6) is 0.694. The molecule has 0 radical (unpaired) electrons. The number of likely N-dealkylation sites (N-methyl/N-ethyl adjacent to an activating group) is 1. The van der Waals surface area contributed by atoms with Gasteiger partial charge in [-0.1, -0.05) is 41.4 Å². The Morgan fingerprint density at radius 3 is 2.70 bits per heavy atom. The third-order valence-electron chi connectivity index (χ3n) is 3.33. The van der Waals surface area contributed by atoms with E-state index in [1.54, 1.807) is 25.3 Å². The number of amides is 1. The second kappa shape index (κ2) is 8.20. The van der Waals surface area contributed by atoms with Crippen molar-refractivity contribution in [3.05, 3.63) is 58.1 Å². The number of carbonyl (C=O) groups excluding carboxylic acids is 1. The smallest absolute Gasteiger partial charge is 0.279 e. The Morgan fingerprint density at radius 1 is 1.22 bits per heavy atom. The van der Waals surface area contributed by atoms with Gasteiger partial charge in [0, 0.05) is 5.56 Å². The minimum Gasteiger partial charge on any atom is -0.497 e. The summed E-state index contributed by atoms with van der Waals surface area (Å²) in [7, 11) is 3.59. The number of methoxy groups -OCH3 is 1. The van der Waals surface area contributed by atoms with E-state index in [0.29, 0.717) is 28.8 Å². The molecule has 0 saturated carbocycles. The highest BCUT2D eigenvalue weighted by molar-refractivity contribution is 6.43. The third-order valence-corrected chi connectivity index (χ3v) is 4.15. The van der Waals surface area contributed by atoms with E-state index in [4.69, 9.17) is 27.9 Å². The monoisotopic (exact) mass is 353 g/mol. The van der Waals surface area contributed by atoms with Gasteiger partial charge in [0.15, 0.2) is 6.54 Å². The first-order chi connectivity index (χ1) is 11.0. The van der Waals surface area contributed by atoms with Crippen molar-refractivity contribution in [3.8, 4) is 5.75 Å². The van der Waals surface area contributed by atoms with Gasteiger partial charge in [0.2, 0.25) is 0 Å². The molecule has 2 N–H and O–H groups in total. The van der Waals surface area contributed by atoms with E-state index < -0.39 is 0 Å². The summed E-state index contributed by atoms with van der Waals surface area (Å²) in [6, 6.07) is 13.0. The van der Waals surface area contributed by atoms with Crippen LogP contribution in [0.5, 0.6) is 5.75 Å². The van der Waals surface area contributed by atoms with Gasteiger partial charge >= 0.3 is 0 Å². The van der Waals surface area contributed by atoms with E-state index in [-0.39, 0.29) is 5.91 Å². The van der Waals surface area contributed by atoms with Crippen LogP contribution in [0, 0.1) is 0 Å². The molecule has 4 nitrogen and oxygen atoms in total. The van der Waals surface area contributed by atoms with E-state index in [9.17, 15) is 4.79 Å². The van der Waals surface area contributed by atoms with Gasteiger partial charge in [0.25, 0.3) is 5.91 Å². The Balaban J connectivity index is 1.93. The van der Waals surface area contributed by atoms with Crippen LogP contribution in [0.1, 0.15) is 5.56 Å². The van der Waals surface area contributed by atoms with Crippen LogP contribution in [0.15, 0.2) is 42.5 Å². The number of benzene rings is 2. The molecule has 0 aliphatic heterocycles. The predicted molar refractivity (Wildman–Crippen MR) is 93.5 cm³/mol. The van der Waals surface area contributed by atoms with Gasteiger partial charge in [0.1, 0.15) is 12.3 Å². The summed E-state index contributed by atoms with van der Waals surface area (Å²) in [6.07, 6.45) is 0. The Hall–Kier alpha value is -1.75. The first-order valence-electron chi connectivity index (χ1n) is 7.17. The molecule has 0 aliphatic carbocycles. The topological polar surface area (TPSA) is 42.8 Å². The fourth-order valence-electron chi connectivity index (χ4n) is 2.26. The van der Waals surface area contributed by atoms with E-state index in [1.807, 2.05) is 31.3 Å². The molecule has 0 bridgehead atoms. The molecule has 6 heteroatoms. The highest BCUT2D eigenvalue weighted by Crippen LogP contribution is 2.29. The summed E-state index contributed by atoms with van der Waals surface area (Å²) in [6.45, 7) is 1.04. The van der Waals surface area contributed by atoms with Crippen LogP contribution >= 0.6 is 23.2 Å². The summed E-state index contributed by atoms with van der Waals surface area (Å²) in [5, 5.41) is 3.56. The third kappa shape index (κ3) is 5.13. The zero-order chi connectivity index (χ0) is 16.8. The molecule has 2 rings (SSSR count). The molecule has 0 saturated heterocycles. The lowest BCUT2D eigenvalue weighted by Gasteiger charge is -2.15. The van der Waals surface area contributed by atoms with Crippen molar-refractivity contribution in [2.24, 2.45) is 0 Å². The Kier molecular flexibility index (Phi) is 6.28. The molecule has 0 aromatic heterocycles. The molecular formula is C17H19Cl2N2O2+. The van der Waals surface area contributed by atoms with Crippen molar-refractivity contribution in [2.45, 2.75) is 6.54 Å². The SMILES string of the molecule is COc1cccc(C[NH+](C)CC(=O)Nc2cccc(Cl)c2Cl)c1. The summed E-state index contributed by atoms with van der Waals surface area (Å²) >= 11 is 12.0. The lowest BCUT2D eigenvalue weighted by Crippen LogP contribution is -3.08. The zero-order valence-corrected chi connectivity index (χ0v) is 14.5. The molecule has 2 aromatic rings. The quantitative estimate of drug-likeness (QED) is 0.838. The normalized spacial score (nSPS) is 11.8. The Labute approximate surface area is 146 Å². The van der Waals surface area contributed by atoms with Crippen LogP contribution in [-0.4, -0.2) is 26.6 Å². The second-order valence-electron chi connectivity index (χ2n) is 5.31. The molecular weight excluding hydrogens is 335 g/mol. The van der Waals surface area contributed by atoms with Crippen molar-refractivity contribution in [1.29, 1.82) is 0 Å². The van der Waals surface area contributed by atoms with Crippen LogP contribution in [0.3, 0.4) is 0 Å². The average molecular weight is 354 g/mol.